The minimum Gasteiger partial charge on any atom is -0.495 e. The van der Waals surface area contributed by atoms with Gasteiger partial charge in [-0.25, -0.2) is 8.42 Å². The van der Waals surface area contributed by atoms with E-state index in [1.54, 1.807) is 30.2 Å². The third-order valence-electron chi connectivity index (χ3n) is 6.02. The van der Waals surface area contributed by atoms with Crippen LogP contribution in [0.3, 0.4) is 0 Å². The van der Waals surface area contributed by atoms with Gasteiger partial charge in [0.05, 0.1) is 28.3 Å². The molecule has 0 atom stereocenters. The molecule has 0 unspecified atom stereocenters. The molecule has 0 bridgehead atoms. The van der Waals surface area contributed by atoms with Gasteiger partial charge in [-0.1, -0.05) is 30.3 Å². The first-order valence-electron chi connectivity index (χ1n) is 11.3. The fraction of sp³-hybridized carbons (Fsp3) is 0.240. The number of rotatable bonds is 8. The van der Waals surface area contributed by atoms with Gasteiger partial charge in [-0.15, -0.1) is 0 Å². The van der Waals surface area contributed by atoms with Gasteiger partial charge in [-0.3, -0.25) is 19.2 Å². The number of sulfonamides is 1. The summed E-state index contributed by atoms with van der Waals surface area (Å²) in [6.45, 7) is 1.53. The Kier molecular flexibility index (Phi) is 7.39. The van der Waals surface area contributed by atoms with Crippen LogP contribution in [0.4, 0.5) is 17.1 Å². The summed E-state index contributed by atoms with van der Waals surface area (Å²) in [7, 11) is -2.48. The lowest BCUT2D eigenvalue weighted by atomic mass is 10.2. The molecule has 0 N–H and O–H groups in total. The summed E-state index contributed by atoms with van der Waals surface area (Å²) in [4.78, 5) is 27.5. The van der Waals surface area contributed by atoms with Crippen LogP contribution < -0.4 is 13.9 Å². The highest BCUT2D eigenvalue weighted by atomic mass is 32.2. The van der Waals surface area contributed by atoms with Gasteiger partial charge in [-0.05, 0) is 36.4 Å². The van der Waals surface area contributed by atoms with Crippen LogP contribution in [0.25, 0.3) is 0 Å². The van der Waals surface area contributed by atoms with Gasteiger partial charge in [0, 0.05) is 38.3 Å². The molecule has 0 radical (unpaired) electrons. The zero-order chi connectivity index (χ0) is 25.7. The molecule has 3 aromatic carbocycles. The average molecular weight is 511 g/mol. The van der Waals surface area contributed by atoms with E-state index in [1.165, 1.54) is 36.4 Å². The zero-order valence-corrected chi connectivity index (χ0v) is 20.5. The fourth-order valence-corrected chi connectivity index (χ4v) is 5.52. The Hall–Kier alpha value is -4.12. The molecule has 10 nitrogen and oxygen atoms in total. The molecular weight excluding hydrogens is 484 g/mol. The number of hydrogen-bond acceptors (Lipinski definition) is 7. The van der Waals surface area contributed by atoms with Gasteiger partial charge in [-0.2, -0.15) is 0 Å². The highest BCUT2D eigenvalue weighted by Crippen LogP contribution is 2.29. The summed E-state index contributed by atoms with van der Waals surface area (Å²) in [6, 6.07) is 20.6. The standard InChI is InChI=1S/C25H26N4O6S/c1-35-24-10-6-5-9-23(24)26-15-17-27(18-16-26)25(30)19-28(20-11-13-21(14-12-20)29(31)32)36(33,34)22-7-3-2-4-8-22/h2-14H,15-19H2,1H3. The van der Waals surface area contributed by atoms with E-state index in [9.17, 15) is 23.3 Å². The largest absolute Gasteiger partial charge is 0.495 e. The second kappa shape index (κ2) is 10.6. The van der Waals surface area contributed by atoms with E-state index >= 15 is 0 Å². The number of nitro groups is 1. The molecule has 1 amide bonds. The normalized spacial score (nSPS) is 13.8. The molecule has 0 aromatic heterocycles. The quantitative estimate of drug-likeness (QED) is 0.338. The van der Waals surface area contributed by atoms with Crippen LogP contribution in [0.1, 0.15) is 0 Å². The molecule has 188 valence electrons. The van der Waals surface area contributed by atoms with E-state index in [0.717, 1.165) is 15.7 Å². The van der Waals surface area contributed by atoms with Crippen LogP contribution >= 0.6 is 0 Å². The SMILES string of the molecule is COc1ccccc1N1CCN(C(=O)CN(c2ccc([N+](=O)[O-])cc2)S(=O)(=O)c2ccccc2)CC1. The number of non-ortho nitro benzene ring substituents is 1. The van der Waals surface area contributed by atoms with Crippen molar-refractivity contribution in [1.29, 1.82) is 0 Å². The van der Waals surface area contributed by atoms with E-state index in [2.05, 4.69) is 4.90 Å². The lowest BCUT2D eigenvalue weighted by Crippen LogP contribution is -2.52. The Balaban J connectivity index is 1.54. The molecule has 36 heavy (non-hydrogen) atoms. The summed E-state index contributed by atoms with van der Waals surface area (Å²) in [6.07, 6.45) is 0. The highest BCUT2D eigenvalue weighted by Gasteiger charge is 2.31. The molecule has 3 aromatic rings. The van der Waals surface area contributed by atoms with Crippen molar-refractivity contribution in [2.75, 3.05) is 49.0 Å². The monoisotopic (exact) mass is 510 g/mol. The summed E-state index contributed by atoms with van der Waals surface area (Å²) >= 11 is 0. The summed E-state index contributed by atoms with van der Waals surface area (Å²) < 4.78 is 33.4. The number of carbonyl (C=O) groups excluding carboxylic acids is 1. The van der Waals surface area contributed by atoms with Crippen LogP contribution in [0, 0.1) is 10.1 Å². The number of anilines is 2. The van der Waals surface area contributed by atoms with E-state index < -0.39 is 21.5 Å². The molecule has 1 heterocycles. The van der Waals surface area contributed by atoms with Crippen LogP contribution in [-0.4, -0.2) is 64.0 Å². The second-order valence-corrected chi connectivity index (χ2v) is 10.0. The number of para-hydroxylation sites is 2. The minimum atomic E-state index is -4.09. The Morgan fingerprint density at radius 3 is 2.17 bits per heavy atom. The van der Waals surface area contributed by atoms with Crippen LogP contribution in [0.15, 0.2) is 83.8 Å². The van der Waals surface area contributed by atoms with Crippen molar-refractivity contribution < 1.29 is 22.9 Å². The smallest absolute Gasteiger partial charge is 0.269 e. The molecule has 1 saturated heterocycles. The summed E-state index contributed by atoms with van der Waals surface area (Å²) in [5.41, 5.74) is 0.936. The van der Waals surface area contributed by atoms with Gasteiger partial charge in [0.25, 0.3) is 15.7 Å². The molecule has 0 aliphatic carbocycles. The molecular formula is C25H26N4O6S. The Morgan fingerprint density at radius 2 is 1.56 bits per heavy atom. The number of benzene rings is 3. The number of amides is 1. The van der Waals surface area contributed by atoms with Crippen LogP contribution in [-0.2, 0) is 14.8 Å². The third kappa shape index (κ3) is 5.25. The van der Waals surface area contributed by atoms with E-state index in [-0.39, 0.29) is 22.2 Å². The van der Waals surface area contributed by atoms with Crippen molar-refractivity contribution >= 4 is 33.0 Å². The van der Waals surface area contributed by atoms with E-state index in [0.29, 0.717) is 26.2 Å². The minimum absolute atomic E-state index is 0.0251. The molecule has 11 heteroatoms. The number of methoxy groups -OCH3 is 1. The molecule has 0 saturated carbocycles. The lowest BCUT2D eigenvalue weighted by molar-refractivity contribution is -0.384. The van der Waals surface area contributed by atoms with Gasteiger partial charge < -0.3 is 14.5 Å². The van der Waals surface area contributed by atoms with Crippen molar-refractivity contribution in [2.24, 2.45) is 0 Å². The van der Waals surface area contributed by atoms with Crippen molar-refractivity contribution in [3.8, 4) is 5.75 Å². The molecule has 1 aliphatic rings. The molecule has 1 fully saturated rings. The molecule has 1 aliphatic heterocycles. The van der Waals surface area contributed by atoms with Crippen LogP contribution in [0.5, 0.6) is 5.75 Å². The van der Waals surface area contributed by atoms with Gasteiger partial charge in [0.15, 0.2) is 0 Å². The predicted molar refractivity (Wildman–Crippen MR) is 136 cm³/mol. The highest BCUT2D eigenvalue weighted by molar-refractivity contribution is 7.92. The topological polar surface area (TPSA) is 113 Å². The van der Waals surface area contributed by atoms with Crippen molar-refractivity contribution in [1.82, 2.24) is 4.90 Å². The summed E-state index contributed by atoms with van der Waals surface area (Å²) in [5, 5.41) is 11.1. The number of carbonyl (C=O) groups is 1. The number of piperazine rings is 1. The predicted octanol–water partition coefficient (Wildman–Crippen LogP) is 3.15. The van der Waals surface area contributed by atoms with E-state index in [1.807, 2.05) is 24.3 Å². The van der Waals surface area contributed by atoms with Gasteiger partial charge >= 0.3 is 0 Å². The maximum Gasteiger partial charge on any atom is 0.269 e. The van der Waals surface area contributed by atoms with Crippen molar-refractivity contribution in [3.05, 3.63) is 89.0 Å². The fourth-order valence-electron chi connectivity index (χ4n) is 4.09. The number of nitrogens with zero attached hydrogens (tertiary/aromatic N) is 4. The zero-order valence-electron chi connectivity index (χ0n) is 19.7. The van der Waals surface area contributed by atoms with Crippen molar-refractivity contribution in [3.63, 3.8) is 0 Å². The first-order valence-corrected chi connectivity index (χ1v) is 12.7. The molecule has 0 spiro atoms. The lowest BCUT2D eigenvalue weighted by Gasteiger charge is -2.37. The second-order valence-electron chi connectivity index (χ2n) is 8.14. The number of hydrogen-bond donors (Lipinski definition) is 0. The maximum absolute atomic E-state index is 13.5. The van der Waals surface area contributed by atoms with Crippen molar-refractivity contribution in [2.45, 2.75) is 4.90 Å². The summed E-state index contributed by atoms with van der Waals surface area (Å²) in [5.74, 6) is 0.392. The van der Waals surface area contributed by atoms with Crippen LogP contribution in [0.2, 0.25) is 0 Å². The first-order chi connectivity index (χ1) is 17.3. The first kappa shape index (κ1) is 25.0. The number of nitro benzene ring substituents is 1. The Bertz CT molecular complexity index is 1320. The number of ether oxygens (including phenoxy) is 1. The third-order valence-corrected chi connectivity index (χ3v) is 7.80. The molecule has 4 rings (SSSR count). The Morgan fingerprint density at radius 1 is 0.944 bits per heavy atom. The average Bonchev–Trinajstić information content (AvgIpc) is 2.92. The van der Waals surface area contributed by atoms with Gasteiger partial charge in [0.2, 0.25) is 5.91 Å². The van der Waals surface area contributed by atoms with Gasteiger partial charge in [0.1, 0.15) is 12.3 Å². The Labute approximate surface area is 209 Å². The maximum atomic E-state index is 13.5. The van der Waals surface area contributed by atoms with E-state index in [4.69, 9.17) is 4.74 Å².